The van der Waals surface area contributed by atoms with Crippen LogP contribution in [0.1, 0.15) is 24.2 Å². The zero-order valence-electron chi connectivity index (χ0n) is 13.8. The van der Waals surface area contributed by atoms with Crippen molar-refractivity contribution in [1.82, 2.24) is 5.32 Å². The van der Waals surface area contributed by atoms with Gasteiger partial charge in [-0.1, -0.05) is 11.6 Å². The van der Waals surface area contributed by atoms with E-state index in [9.17, 15) is 9.59 Å². The van der Waals surface area contributed by atoms with Gasteiger partial charge in [0, 0.05) is 22.8 Å². The molecule has 0 saturated carbocycles. The first-order chi connectivity index (χ1) is 12.0. The van der Waals surface area contributed by atoms with E-state index in [1.165, 1.54) is 0 Å². The van der Waals surface area contributed by atoms with Crippen LogP contribution in [-0.2, 0) is 4.79 Å². The van der Waals surface area contributed by atoms with Crippen molar-refractivity contribution < 1.29 is 19.1 Å². The number of benzene rings is 1. The monoisotopic (exact) mass is 336 g/mol. The van der Waals surface area contributed by atoms with E-state index in [4.69, 9.17) is 9.47 Å². The van der Waals surface area contributed by atoms with E-state index in [1.54, 1.807) is 30.4 Å². The zero-order chi connectivity index (χ0) is 17.6. The second-order valence-corrected chi connectivity index (χ2v) is 6.11. The lowest BCUT2D eigenvalue weighted by Gasteiger charge is -2.28. The van der Waals surface area contributed by atoms with Crippen LogP contribution in [0.25, 0.3) is 0 Å². The van der Waals surface area contributed by atoms with E-state index < -0.39 is 0 Å². The molecule has 0 fully saturated rings. The van der Waals surface area contributed by atoms with Crippen LogP contribution in [0, 0.1) is 5.92 Å². The molecule has 0 spiro atoms. The number of nitrogens with one attached hydrogen (secondary N) is 1. The molecular formula is C19H16N2O4. The highest BCUT2D eigenvalue weighted by molar-refractivity contribution is 6.14. The van der Waals surface area contributed by atoms with Gasteiger partial charge in [0.2, 0.25) is 6.79 Å². The minimum Gasteiger partial charge on any atom is -0.454 e. The Morgan fingerprint density at radius 3 is 2.88 bits per heavy atom. The maximum Gasteiger partial charge on any atom is 0.277 e. The number of allylic oxidation sites excluding steroid dienone is 3. The minimum absolute atomic E-state index is 0.0253. The second-order valence-electron chi connectivity index (χ2n) is 6.11. The van der Waals surface area contributed by atoms with Crippen molar-refractivity contribution in [1.29, 1.82) is 0 Å². The van der Waals surface area contributed by atoms with Crippen LogP contribution in [0.2, 0.25) is 0 Å². The van der Waals surface area contributed by atoms with Gasteiger partial charge in [-0.3, -0.25) is 9.59 Å². The van der Waals surface area contributed by atoms with Crippen LogP contribution in [0.4, 0.5) is 0 Å². The quantitative estimate of drug-likeness (QED) is 0.855. The van der Waals surface area contributed by atoms with Crippen molar-refractivity contribution in [2.24, 2.45) is 10.9 Å². The Balaban J connectivity index is 1.61. The van der Waals surface area contributed by atoms with E-state index in [0.717, 1.165) is 16.8 Å². The first-order valence-corrected chi connectivity index (χ1v) is 7.94. The molecule has 2 aliphatic heterocycles. The minimum atomic E-state index is -0.376. The van der Waals surface area contributed by atoms with Crippen molar-refractivity contribution in [2.45, 2.75) is 13.8 Å². The molecule has 1 N–H and O–H groups in total. The maximum absolute atomic E-state index is 12.4. The van der Waals surface area contributed by atoms with E-state index >= 15 is 0 Å². The van der Waals surface area contributed by atoms with Crippen molar-refractivity contribution in [2.75, 3.05) is 6.79 Å². The fourth-order valence-corrected chi connectivity index (χ4v) is 3.01. The van der Waals surface area contributed by atoms with Crippen molar-refractivity contribution in [3.63, 3.8) is 0 Å². The van der Waals surface area contributed by atoms with Crippen LogP contribution in [0.5, 0.6) is 11.5 Å². The Morgan fingerprint density at radius 1 is 1.24 bits per heavy atom. The number of nitrogens with zero attached hydrogens (tertiary/aromatic N) is 1. The average molecular weight is 336 g/mol. The molecule has 1 atom stereocenters. The number of rotatable bonds is 1. The van der Waals surface area contributed by atoms with Crippen molar-refractivity contribution in [3.8, 4) is 11.5 Å². The summed E-state index contributed by atoms with van der Waals surface area (Å²) in [7, 11) is 0. The molecule has 1 aromatic carbocycles. The number of hydrogen-bond donors (Lipinski definition) is 1. The molecule has 6 heteroatoms. The predicted molar refractivity (Wildman–Crippen MR) is 91.6 cm³/mol. The van der Waals surface area contributed by atoms with Crippen molar-refractivity contribution in [3.05, 3.63) is 58.8 Å². The Morgan fingerprint density at radius 2 is 2.04 bits per heavy atom. The third-order valence-corrected chi connectivity index (χ3v) is 4.60. The molecule has 0 aromatic heterocycles. The third-order valence-electron chi connectivity index (χ3n) is 4.60. The molecule has 1 unspecified atom stereocenters. The zero-order valence-corrected chi connectivity index (χ0v) is 13.8. The molecule has 6 nitrogen and oxygen atoms in total. The normalized spacial score (nSPS) is 22.6. The van der Waals surface area contributed by atoms with Crippen LogP contribution in [0.15, 0.2) is 58.3 Å². The van der Waals surface area contributed by atoms with Gasteiger partial charge in [-0.05, 0) is 44.2 Å². The standard InChI is InChI=1S/C19H16N2O4/c1-10-11(2)18(22)21-15-8-13(4-5-14(10)15)20-19(23)12-3-6-16-17(7-12)25-9-24-16/h3-8,14H,9H2,1-2H3,(H,21,22). The molecule has 0 radical (unpaired) electrons. The summed E-state index contributed by atoms with van der Waals surface area (Å²) >= 11 is 0. The van der Waals surface area contributed by atoms with E-state index in [0.29, 0.717) is 22.8 Å². The van der Waals surface area contributed by atoms with Crippen molar-refractivity contribution >= 4 is 17.5 Å². The fraction of sp³-hybridized carbons (Fsp3) is 0.211. The number of ether oxygens (including phenoxy) is 2. The average Bonchev–Trinajstić information content (AvgIpc) is 3.07. The molecule has 25 heavy (non-hydrogen) atoms. The molecule has 4 rings (SSSR count). The number of carbonyl (C=O) groups is 2. The van der Waals surface area contributed by atoms with Gasteiger partial charge in [-0.15, -0.1) is 0 Å². The molecule has 0 saturated heterocycles. The summed E-state index contributed by atoms with van der Waals surface area (Å²) in [6.45, 7) is 3.91. The second kappa shape index (κ2) is 5.73. The predicted octanol–water partition coefficient (Wildman–Crippen LogP) is 2.53. The topological polar surface area (TPSA) is 77.0 Å². The molecular weight excluding hydrogens is 320 g/mol. The van der Waals surface area contributed by atoms with Gasteiger partial charge in [0.1, 0.15) is 0 Å². The Hall–Kier alpha value is -3.15. The Labute approximate surface area is 144 Å². The maximum atomic E-state index is 12.4. The summed E-state index contributed by atoms with van der Waals surface area (Å²) in [6, 6.07) is 4.97. The highest BCUT2D eigenvalue weighted by Gasteiger charge is 2.27. The summed E-state index contributed by atoms with van der Waals surface area (Å²) in [5.41, 5.74) is 3.40. The van der Waals surface area contributed by atoms with Crippen LogP contribution in [-0.4, -0.2) is 24.3 Å². The Bertz CT molecular complexity index is 921. The lowest BCUT2D eigenvalue weighted by atomic mass is 9.85. The van der Waals surface area contributed by atoms with Gasteiger partial charge in [-0.2, -0.15) is 0 Å². The van der Waals surface area contributed by atoms with Gasteiger partial charge in [0.15, 0.2) is 11.5 Å². The molecule has 126 valence electrons. The first-order valence-electron chi connectivity index (χ1n) is 7.94. The summed E-state index contributed by atoms with van der Waals surface area (Å²) in [6.07, 6.45) is 5.48. The summed E-state index contributed by atoms with van der Waals surface area (Å²) in [4.78, 5) is 28.5. The van der Waals surface area contributed by atoms with Crippen LogP contribution in [0.3, 0.4) is 0 Å². The van der Waals surface area contributed by atoms with Gasteiger partial charge >= 0.3 is 0 Å². The van der Waals surface area contributed by atoms with E-state index in [-0.39, 0.29) is 24.5 Å². The highest BCUT2D eigenvalue weighted by Crippen LogP contribution is 2.33. The number of carbonyl (C=O) groups excluding carboxylic acids is 2. The molecule has 1 aliphatic carbocycles. The van der Waals surface area contributed by atoms with Gasteiger partial charge in [0.05, 0.1) is 5.71 Å². The highest BCUT2D eigenvalue weighted by atomic mass is 16.7. The van der Waals surface area contributed by atoms with Gasteiger partial charge in [0.25, 0.3) is 11.8 Å². The van der Waals surface area contributed by atoms with Crippen LogP contribution >= 0.6 is 0 Å². The SMILES string of the molecule is CC1=C(C)C2C=CC(=NC(=O)c3ccc4c(c3)OCO4)C=C2NC1=O. The van der Waals surface area contributed by atoms with E-state index in [2.05, 4.69) is 10.3 Å². The number of aliphatic imine (C=N–C) groups is 1. The summed E-state index contributed by atoms with van der Waals surface area (Å²) in [5, 5.41) is 2.86. The number of hydrogen-bond acceptors (Lipinski definition) is 4. The Kier molecular flexibility index (Phi) is 3.53. The van der Waals surface area contributed by atoms with Gasteiger partial charge in [-0.25, -0.2) is 4.99 Å². The molecule has 1 aromatic rings. The van der Waals surface area contributed by atoms with Gasteiger partial charge < -0.3 is 14.8 Å². The lowest BCUT2D eigenvalue weighted by molar-refractivity contribution is -0.117. The third kappa shape index (κ3) is 2.65. The number of amides is 2. The fourth-order valence-electron chi connectivity index (χ4n) is 3.01. The van der Waals surface area contributed by atoms with E-state index in [1.807, 2.05) is 19.9 Å². The largest absolute Gasteiger partial charge is 0.454 e. The summed E-state index contributed by atoms with van der Waals surface area (Å²) in [5.74, 6) is 0.696. The molecule has 3 aliphatic rings. The van der Waals surface area contributed by atoms with Crippen LogP contribution < -0.4 is 14.8 Å². The first kappa shape index (κ1) is 15.4. The smallest absolute Gasteiger partial charge is 0.277 e. The molecule has 2 amide bonds. The molecule has 0 bridgehead atoms. The summed E-state index contributed by atoms with van der Waals surface area (Å²) < 4.78 is 10.5. The lowest BCUT2D eigenvalue weighted by Crippen LogP contribution is -2.35. The number of fused-ring (bicyclic) bond motifs is 2. The molecule has 2 heterocycles.